The van der Waals surface area contributed by atoms with Crippen LogP contribution in [-0.4, -0.2) is 107 Å². The van der Waals surface area contributed by atoms with E-state index in [4.69, 9.17) is 11.5 Å². The molecule has 0 radical (unpaired) electrons. The summed E-state index contributed by atoms with van der Waals surface area (Å²) in [4.78, 5) is 13.9. The minimum atomic E-state index is -0.429. The van der Waals surface area contributed by atoms with Crippen molar-refractivity contribution in [1.82, 2.24) is 31.5 Å². The minimum Gasteiger partial charge on any atom is -0.322 e. The van der Waals surface area contributed by atoms with Gasteiger partial charge in [-0.25, -0.2) is 0 Å². The second-order valence-corrected chi connectivity index (χ2v) is 8.02. The summed E-state index contributed by atoms with van der Waals surface area (Å²) >= 11 is 0. The van der Waals surface area contributed by atoms with Crippen LogP contribution in [0.4, 0.5) is 0 Å². The summed E-state index contributed by atoms with van der Waals surface area (Å²) in [5, 5.41) is 17.3. The van der Waals surface area contributed by atoms with Gasteiger partial charge in [0.2, 0.25) is 0 Å². The van der Waals surface area contributed by atoms with E-state index in [1.54, 1.807) is 6.92 Å². The van der Waals surface area contributed by atoms with Gasteiger partial charge in [0, 0.05) is 78.5 Å². The standard InChI is InChI=1S/C17H38N8O/c1-15(26)8-25-7-6-24-11-16(18)9-20-2-4-22-12-17(19,14-25)13-23-5-3-21-10-16/h20-24H,2-14,18-19H2,1H3. The lowest BCUT2D eigenvalue weighted by atomic mass is 9.98. The Labute approximate surface area is 157 Å². The molecule has 0 aliphatic carbocycles. The van der Waals surface area contributed by atoms with Gasteiger partial charge in [-0.1, -0.05) is 0 Å². The maximum Gasteiger partial charge on any atom is 0.143 e. The van der Waals surface area contributed by atoms with E-state index in [1.807, 2.05) is 0 Å². The number of nitrogens with one attached hydrogen (secondary N) is 5. The van der Waals surface area contributed by atoms with Gasteiger partial charge in [-0.3, -0.25) is 9.69 Å². The van der Waals surface area contributed by atoms with Crippen LogP contribution in [0.5, 0.6) is 0 Å². The summed E-state index contributed by atoms with van der Waals surface area (Å²) in [6.07, 6.45) is 0. The van der Waals surface area contributed by atoms with Crippen LogP contribution in [0.15, 0.2) is 0 Å². The molecule has 0 aromatic carbocycles. The van der Waals surface area contributed by atoms with Gasteiger partial charge in [0.1, 0.15) is 5.78 Å². The van der Waals surface area contributed by atoms with Gasteiger partial charge in [0.25, 0.3) is 0 Å². The fraction of sp³-hybridized carbons (Fsp3) is 0.941. The van der Waals surface area contributed by atoms with Crippen molar-refractivity contribution in [2.45, 2.75) is 18.0 Å². The third kappa shape index (κ3) is 7.93. The quantitative estimate of drug-likeness (QED) is 0.262. The fourth-order valence-electron chi connectivity index (χ4n) is 3.61. The van der Waals surface area contributed by atoms with Crippen LogP contribution in [0.25, 0.3) is 0 Å². The number of carbonyl (C=O) groups is 1. The molecular formula is C17H38N8O. The van der Waals surface area contributed by atoms with Crippen molar-refractivity contribution in [3.63, 3.8) is 0 Å². The molecule has 9 nitrogen and oxygen atoms in total. The molecule has 0 aromatic rings. The zero-order valence-electron chi connectivity index (χ0n) is 16.2. The molecular weight excluding hydrogens is 332 g/mol. The van der Waals surface area contributed by atoms with Crippen molar-refractivity contribution in [2.75, 3.05) is 85.1 Å². The van der Waals surface area contributed by atoms with Gasteiger partial charge in [-0.2, -0.15) is 0 Å². The Morgan fingerprint density at radius 3 is 1.69 bits per heavy atom. The molecule has 9 N–H and O–H groups in total. The lowest BCUT2D eigenvalue weighted by Gasteiger charge is -2.37. The Kier molecular flexibility index (Phi) is 8.85. The van der Waals surface area contributed by atoms with Gasteiger partial charge in [0.15, 0.2) is 0 Å². The Morgan fingerprint density at radius 1 is 0.808 bits per heavy atom. The van der Waals surface area contributed by atoms with Gasteiger partial charge < -0.3 is 38.1 Å². The normalized spacial score (nSPS) is 34.1. The zero-order chi connectivity index (χ0) is 18.9. The van der Waals surface area contributed by atoms with E-state index in [9.17, 15) is 4.79 Å². The van der Waals surface area contributed by atoms with E-state index >= 15 is 0 Å². The number of nitrogens with two attached hydrogens (primary N) is 2. The van der Waals surface area contributed by atoms with Crippen molar-refractivity contribution < 1.29 is 4.79 Å². The van der Waals surface area contributed by atoms with Crippen molar-refractivity contribution in [3.8, 4) is 0 Å². The van der Waals surface area contributed by atoms with Crippen LogP contribution in [0.3, 0.4) is 0 Å². The van der Waals surface area contributed by atoms with Gasteiger partial charge in [-0.05, 0) is 6.92 Å². The summed E-state index contributed by atoms with van der Waals surface area (Å²) in [6, 6.07) is 0. The first-order chi connectivity index (χ1) is 12.4. The topological polar surface area (TPSA) is 132 Å². The number of ketones is 1. The third-order valence-corrected chi connectivity index (χ3v) is 4.93. The number of fused-ring (bicyclic) bond motifs is 15. The molecule has 0 unspecified atom stereocenters. The third-order valence-electron chi connectivity index (χ3n) is 4.93. The Hall–Kier alpha value is -0.650. The maximum absolute atomic E-state index is 11.7. The van der Waals surface area contributed by atoms with Crippen LogP contribution >= 0.6 is 0 Å². The highest BCUT2D eigenvalue weighted by Crippen LogP contribution is 2.04. The maximum atomic E-state index is 11.7. The average Bonchev–Trinajstić information content (AvgIpc) is 2.56. The van der Waals surface area contributed by atoms with E-state index in [0.717, 1.165) is 58.9 Å². The monoisotopic (exact) mass is 370 g/mol. The van der Waals surface area contributed by atoms with E-state index in [2.05, 4.69) is 31.5 Å². The smallest absolute Gasteiger partial charge is 0.143 e. The lowest BCUT2D eigenvalue weighted by molar-refractivity contribution is -0.118. The van der Waals surface area contributed by atoms with Crippen LogP contribution in [0, 0.1) is 0 Å². The molecule has 3 fully saturated rings. The van der Waals surface area contributed by atoms with E-state index in [-0.39, 0.29) is 11.3 Å². The van der Waals surface area contributed by atoms with Gasteiger partial charge in [-0.15, -0.1) is 0 Å². The number of rotatable bonds is 2. The predicted octanol–water partition coefficient (Wildman–Crippen LogP) is -3.75. The molecule has 3 heterocycles. The number of nitrogens with zero attached hydrogens (tertiary/aromatic N) is 1. The molecule has 3 saturated heterocycles. The first kappa shape index (κ1) is 21.6. The van der Waals surface area contributed by atoms with Crippen molar-refractivity contribution in [3.05, 3.63) is 0 Å². The molecule has 0 atom stereocenters. The number of hydrogen-bond donors (Lipinski definition) is 7. The van der Waals surface area contributed by atoms with Crippen molar-refractivity contribution >= 4 is 5.78 Å². The largest absolute Gasteiger partial charge is 0.322 e. The van der Waals surface area contributed by atoms with E-state index in [0.29, 0.717) is 26.2 Å². The molecule has 3 rings (SSSR count). The van der Waals surface area contributed by atoms with Crippen LogP contribution < -0.4 is 38.1 Å². The van der Waals surface area contributed by atoms with E-state index < -0.39 is 5.54 Å². The van der Waals surface area contributed by atoms with Gasteiger partial charge in [0.05, 0.1) is 17.6 Å². The molecule has 3 aliphatic rings. The molecule has 2 bridgehead atoms. The van der Waals surface area contributed by atoms with Crippen molar-refractivity contribution in [1.29, 1.82) is 0 Å². The molecule has 0 saturated carbocycles. The van der Waals surface area contributed by atoms with Crippen LogP contribution in [0.2, 0.25) is 0 Å². The summed E-state index contributed by atoms with van der Waals surface area (Å²) in [5.74, 6) is 0.164. The number of Topliss-reactive ketones (excluding diaryl/α,β-unsaturated/α-hetero) is 1. The Morgan fingerprint density at radius 2 is 1.23 bits per heavy atom. The first-order valence-corrected chi connectivity index (χ1v) is 9.74. The molecule has 152 valence electrons. The SMILES string of the molecule is CC(=O)CN1CCNCC2(N)CNCCNCC(N)(CNCCNC2)C1. The summed E-state index contributed by atoms with van der Waals surface area (Å²) < 4.78 is 0. The minimum absolute atomic E-state index is 0.164. The highest BCUT2D eigenvalue weighted by molar-refractivity contribution is 5.77. The number of hydrogen-bond acceptors (Lipinski definition) is 9. The van der Waals surface area contributed by atoms with E-state index in [1.165, 1.54) is 0 Å². The molecule has 0 aromatic heterocycles. The Balaban J connectivity index is 2.15. The average molecular weight is 371 g/mol. The first-order valence-electron chi connectivity index (χ1n) is 9.74. The molecule has 0 spiro atoms. The molecule has 9 heteroatoms. The highest BCUT2D eigenvalue weighted by atomic mass is 16.1. The summed E-state index contributed by atoms with van der Waals surface area (Å²) in [5.41, 5.74) is 12.6. The van der Waals surface area contributed by atoms with Gasteiger partial charge >= 0.3 is 0 Å². The van der Waals surface area contributed by atoms with Crippen LogP contribution in [-0.2, 0) is 4.79 Å². The molecule has 26 heavy (non-hydrogen) atoms. The van der Waals surface area contributed by atoms with Crippen molar-refractivity contribution in [2.24, 2.45) is 11.5 Å². The van der Waals surface area contributed by atoms with Crippen LogP contribution in [0.1, 0.15) is 6.92 Å². The zero-order valence-corrected chi connectivity index (χ0v) is 16.2. The summed E-state index contributed by atoms with van der Waals surface area (Å²) in [7, 11) is 0. The number of carbonyl (C=O) groups excluding carboxylic acids is 1. The highest BCUT2D eigenvalue weighted by Gasteiger charge is 2.29. The second kappa shape index (κ2) is 10.6. The molecule has 0 amide bonds. The predicted molar refractivity (Wildman–Crippen MR) is 105 cm³/mol. The lowest BCUT2D eigenvalue weighted by Crippen LogP contribution is -2.65. The Bertz CT molecular complexity index is 417. The fourth-order valence-corrected chi connectivity index (χ4v) is 3.61. The molecule has 3 aliphatic heterocycles. The second-order valence-electron chi connectivity index (χ2n) is 8.02. The summed E-state index contributed by atoms with van der Waals surface area (Å²) in [6.45, 7) is 11.3.